The Morgan fingerprint density at radius 3 is 2.70 bits per heavy atom. The van der Waals surface area contributed by atoms with Gasteiger partial charge in [-0.3, -0.25) is 10.6 Å². The van der Waals surface area contributed by atoms with E-state index >= 15 is 0 Å². The van der Waals surface area contributed by atoms with Crippen LogP contribution in [0.25, 0.3) is 0 Å². The molecule has 1 heterocycles. The molecule has 1 amide bonds. The molecule has 0 saturated heterocycles. The number of hydrazine groups is 1. The Labute approximate surface area is 120 Å². The van der Waals surface area contributed by atoms with E-state index in [0.29, 0.717) is 16.9 Å². The summed E-state index contributed by atoms with van der Waals surface area (Å²) in [6.45, 7) is 0. The van der Waals surface area contributed by atoms with Crippen LogP contribution in [0.5, 0.6) is 0 Å². The molecule has 4 N–H and O–H groups in total. The molecule has 0 bridgehead atoms. The predicted octanol–water partition coefficient (Wildman–Crippen LogP) is 2.14. The lowest BCUT2D eigenvalue weighted by atomic mass is 10.2. The first kappa shape index (κ1) is 13.8. The minimum Gasteiger partial charge on any atom is -0.323 e. The lowest BCUT2D eigenvalue weighted by Crippen LogP contribution is -2.14. The number of pyridine rings is 1. The second kappa shape index (κ2) is 6.02. The normalized spacial score (nSPS) is 9.65. The number of nitrogens with zero attached hydrogens (tertiary/aromatic N) is 2. The maximum absolute atomic E-state index is 12.0. The largest absolute Gasteiger partial charge is 0.323 e. The number of aromatic nitrogens is 1. The van der Waals surface area contributed by atoms with Crippen molar-refractivity contribution in [1.29, 1.82) is 5.26 Å². The average Bonchev–Trinajstić information content (AvgIpc) is 2.49. The summed E-state index contributed by atoms with van der Waals surface area (Å²) in [5, 5.41) is 11.7. The van der Waals surface area contributed by atoms with Gasteiger partial charge in [0.15, 0.2) is 0 Å². The summed E-state index contributed by atoms with van der Waals surface area (Å²) >= 11 is 5.97. The van der Waals surface area contributed by atoms with Gasteiger partial charge in [0.05, 0.1) is 34.2 Å². The maximum atomic E-state index is 12.0. The van der Waals surface area contributed by atoms with Crippen LogP contribution in [-0.2, 0) is 0 Å². The van der Waals surface area contributed by atoms with Crippen LogP contribution >= 0.6 is 11.6 Å². The number of anilines is 2. The van der Waals surface area contributed by atoms with Gasteiger partial charge in [-0.15, -0.1) is 0 Å². The molecule has 7 heteroatoms. The van der Waals surface area contributed by atoms with Crippen LogP contribution in [0.4, 0.5) is 11.4 Å². The Kier molecular flexibility index (Phi) is 4.15. The molecule has 2 rings (SSSR count). The van der Waals surface area contributed by atoms with Gasteiger partial charge < -0.3 is 10.7 Å². The number of nitrogens with one attached hydrogen (secondary N) is 2. The zero-order chi connectivity index (χ0) is 14.5. The van der Waals surface area contributed by atoms with E-state index in [4.69, 9.17) is 22.7 Å². The van der Waals surface area contributed by atoms with Gasteiger partial charge in [-0.25, -0.2) is 4.98 Å². The molecule has 100 valence electrons. The van der Waals surface area contributed by atoms with Gasteiger partial charge in [-0.05, 0) is 30.3 Å². The number of nitrogens with two attached hydrogens (primary N) is 1. The Morgan fingerprint density at radius 1 is 1.35 bits per heavy atom. The molecular formula is C13H10ClN5O. The smallest absolute Gasteiger partial charge is 0.274 e. The number of nitrogen functional groups attached to an aromatic ring is 1. The van der Waals surface area contributed by atoms with Crippen LogP contribution in [0.1, 0.15) is 16.1 Å². The van der Waals surface area contributed by atoms with E-state index in [-0.39, 0.29) is 10.7 Å². The van der Waals surface area contributed by atoms with Crippen LogP contribution in [0.3, 0.4) is 0 Å². The third-order valence-electron chi connectivity index (χ3n) is 2.51. The fourth-order valence-corrected chi connectivity index (χ4v) is 1.71. The summed E-state index contributed by atoms with van der Waals surface area (Å²) in [6.07, 6.45) is 1.44. The topological polar surface area (TPSA) is 104 Å². The highest BCUT2D eigenvalue weighted by Gasteiger charge is 2.10. The molecule has 0 aliphatic rings. The Balaban J connectivity index is 2.17. The monoisotopic (exact) mass is 287 g/mol. The predicted molar refractivity (Wildman–Crippen MR) is 76.2 cm³/mol. The number of carbonyl (C=O) groups is 1. The molecule has 2 aromatic rings. The summed E-state index contributed by atoms with van der Waals surface area (Å²) in [7, 11) is 0. The van der Waals surface area contributed by atoms with E-state index in [2.05, 4.69) is 15.7 Å². The first-order valence-electron chi connectivity index (χ1n) is 5.57. The molecule has 1 aromatic heterocycles. The number of halogens is 1. The van der Waals surface area contributed by atoms with E-state index in [9.17, 15) is 4.79 Å². The molecule has 0 saturated carbocycles. The fourth-order valence-electron chi connectivity index (χ4n) is 1.49. The van der Waals surface area contributed by atoms with Crippen LogP contribution in [0.15, 0.2) is 36.5 Å². The average molecular weight is 288 g/mol. The highest BCUT2D eigenvalue weighted by Crippen LogP contribution is 2.23. The van der Waals surface area contributed by atoms with Gasteiger partial charge in [0.1, 0.15) is 5.69 Å². The van der Waals surface area contributed by atoms with Crippen molar-refractivity contribution in [2.75, 3.05) is 10.7 Å². The van der Waals surface area contributed by atoms with Crippen molar-refractivity contribution in [2.24, 2.45) is 5.84 Å². The quantitative estimate of drug-likeness (QED) is 0.593. The minimum atomic E-state index is -0.403. The molecule has 0 aliphatic carbocycles. The summed E-state index contributed by atoms with van der Waals surface area (Å²) < 4.78 is 0. The first-order chi connectivity index (χ1) is 9.63. The van der Waals surface area contributed by atoms with Crippen LogP contribution in [0.2, 0.25) is 5.02 Å². The zero-order valence-electron chi connectivity index (χ0n) is 10.2. The molecule has 0 unspecified atom stereocenters. The van der Waals surface area contributed by atoms with Crippen molar-refractivity contribution in [3.8, 4) is 6.07 Å². The van der Waals surface area contributed by atoms with Gasteiger partial charge in [0, 0.05) is 0 Å². The van der Waals surface area contributed by atoms with E-state index in [1.807, 2.05) is 6.07 Å². The molecule has 0 fully saturated rings. The molecular weight excluding hydrogens is 278 g/mol. The van der Waals surface area contributed by atoms with Crippen LogP contribution in [0, 0.1) is 11.3 Å². The molecule has 0 aliphatic heterocycles. The SMILES string of the molecule is N#Cc1ccc(NC(=O)c2ccc(NN)cn2)c(Cl)c1. The van der Waals surface area contributed by atoms with E-state index < -0.39 is 5.91 Å². The van der Waals surface area contributed by atoms with E-state index in [1.54, 1.807) is 18.2 Å². The second-order valence-corrected chi connectivity index (χ2v) is 4.24. The van der Waals surface area contributed by atoms with E-state index in [1.165, 1.54) is 18.3 Å². The minimum absolute atomic E-state index is 0.226. The number of benzene rings is 1. The number of carbonyl (C=O) groups excluding carboxylic acids is 1. The lowest BCUT2D eigenvalue weighted by Gasteiger charge is -2.07. The van der Waals surface area contributed by atoms with Gasteiger partial charge in [0.25, 0.3) is 5.91 Å². The summed E-state index contributed by atoms with van der Waals surface area (Å²) in [5.74, 6) is 4.81. The van der Waals surface area contributed by atoms with Crippen molar-refractivity contribution in [3.63, 3.8) is 0 Å². The third kappa shape index (κ3) is 3.03. The molecule has 6 nitrogen and oxygen atoms in total. The van der Waals surface area contributed by atoms with Crippen LogP contribution in [-0.4, -0.2) is 10.9 Å². The lowest BCUT2D eigenvalue weighted by molar-refractivity contribution is 0.102. The van der Waals surface area contributed by atoms with E-state index in [0.717, 1.165) is 0 Å². The van der Waals surface area contributed by atoms with Gasteiger partial charge >= 0.3 is 0 Å². The summed E-state index contributed by atoms with van der Waals surface area (Å²) in [4.78, 5) is 15.9. The highest BCUT2D eigenvalue weighted by atomic mass is 35.5. The molecule has 0 spiro atoms. The fraction of sp³-hybridized carbons (Fsp3) is 0. The van der Waals surface area contributed by atoms with Gasteiger partial charge in [0.2, 0.25) is 0 Å². The molecule has 20 heavy (non-hydrogen) atoms. The number of hydrogen-bond donors (Lipinski definition) is 3. The number of nitriles is 1. The van der Waals surface area contributed by atoms with Crippen molar-refractivity contribution in [2.45, 2.75) is 0 Å². The van der Waals surface area contributed by atoms with Gasteiger partial charge in [-0.1, -0.05) is 11.6 Å². The van der Waals surface area contributed by atoms with Crippen molar-refractivity contribution in [1.82, 2.24) is 4.98 Å². The third-order valence-corrected chi connectivity index (χ3v) is 2.82. The highest BCUT2D eigenvalue weighted by molar-refractivity contribution is 6.34. The van der Waals surface area contributed by atoms with Crippen molar-refractivity contribution < 1.29 is 4.79 Å². The number of hydrogen-bond acceptors (Lipinski definition) is 5. The maximum Gasteiger partial charge on any atom is 0.274 e. The second-order valence-electron chi connectivity index (χ2n) is 3.84. The summed E-state index contributed by atoms with van der Waals surface area (Å²) in [6, 6.07) is 9.73. The van der Waals surface area contributed by atoms with Crippen molar-refractivity contribution in [3.05, 3.63) is 52.8 Å². The van der Waals surface area contributed by atoms with Crippen LogP contribution < -0.4 is 16.6 Å². The first-order valence-corrected chi connectivity index (χ1v) is 5.95. The van der Waals surface area contributed by atoms with Crippen molar-refractivity contribution >= 4 is 28.9 Å². The Bertz CT molecular complexity index is 678. The number of amides is 1. The molecule has 0 atom stereocenters. The summed E-state index contributed by atoms with van der Waals surface area (Å²) in [5.41, 5.74) is 4.08. The molecule has 1 aromatic carbocycles. The molecule has 0 radical (unpaired) electrons. The standard InChI is InChI=1S/C13H10ClN5O/c14-10-5-8(6-15)1-3-11(10)18-13(20)12-4-2-9(19-16)7-17-12/h1-5,7,19H,16H2,(H,18,20). The number of rotatable bonds is 3. The Morgan fingerprint density at radius 2 is 2.15 bits per heavy atom. The Hall–Kier alpha value is -2.62. The zero-order valence-corrected chi connectivity index (χ0v) is 11.0. The van der Waals surface area contributed by atoms with Gasteiger partial charge in [-0.2, -0.15) is 5.26 Å².